The van der Waals surface area contributed by atoms with Gasteiger partial charge in [0.2, 0.25) is 5.91 Å². The van der Waals surface area contributed by atoms with Gasteiger partial charge in [-0.2, -0.15) is 0 Å². The Balaban J connectivity index is 1.65. The fraction of sp³-hybridized carbons (Fsp3) is 0.720. The van der Waals surface area contributed by atoms with E-state index in [1.807, 2.05) is 0 Å². The molecule has 0 radical (unpaired) electrons. The molecule has 1 aliphatic carbocycles. The second-order valence-electron chi connectivity index (χ2n) is 9.70. The summed E-state index contributed by atoms with van der Waals surface area (Å²) in [6.45, 7) is 8.82. The average molecular weight is 385 g/mol. The molecule has 3 rings (SSSR count). The number of carbonyl (C=O) groups is 1. The van der Waals surface area contributed by atoms with Crippen LogP contribution in [-0.4, -0.2) is 18.0 Å². The first-order chi connectivity index (χ1) is 13.4. The smallest absolute Gasteiger partial charge is 0.230 e. The number of carbonyl (C=O) groups excluding carboxylic acids is 1. The molecule has 0 bridgehead atoms. The molecule has 156 valence electrons. The van der Waals surface area contributed by atoms with Gasteiger partial charge in [0, 0.05) is 23.7 Å². The Labute approximate surface area is 172 Å². The second kappa shape index (κ2) is 9.43. The lowest BCUT2D eigenvalue weighted by atomic mass is 9.79. The molecule has 0 spiro atoms. The topological polar surface area (TPSA) is 46.3 Å². The van der Waals surface area contributed by atoms with Crippen molar-refractivity contribution in [3.63, 3.8) is 0 Å². The maximum absolute atomic E-state index is 13.4. The molecule has 1 saturated carbocycles. The highest BCUT2D eigenvalue weighted by atomic mass is 16.2. The van der Waals surface area contributed by atoms with E-state index in [-0.39, 0.29) is 18.0 Å². The molecular weight excluding hydrogens is 344 g/mol. The largest absolute Gasteiger partial charge is 0.327 e. The van der Waals surface area contributed by atoms with Crippen LogP contribution in [0.15, 0.2) is 18.2 Å². The third-order valence-corrected chi connectivity index (χ3v) is 7.09. The summed E-state index contributed by atoms with van der Waals surface area (Å²) in [5.74, 6) is 1.92. The van der Waals surface area contributed by atoms with Crippen LogP contribution in [0, 0.1) is 17.8 Å². The highest BCUT2D eigenvalue weighted by Gasteiger charge is 2.36. The predicted molar refractivity (Wildman–Crippen MR) is 119 cm³/mol. The van der Waals surface area contributed by atoms with Crippen LogP contribution in [0.25, 0.3) is 0 Å². The third-order valence-electron chi connectivity index (χ3n) is 7.09. The Morgan fingerprint density at radius 1 is 1.21 bits per heavy atom. The molecule has 1 aliphatic heterocycles. The lowest BCUT2D eigenvalue weighted by Gasteiger charge is -2.32. The van der Waals surface area contributed by atoms with Gasteiger partial charge in [-0.1, -0.05) is 52.2 Å². The number of benzene rings is 1. The molecule has 1 heterocycles. The van der Waals surface area contributed by atoms with Crippen LogP contribution in [0.4, 0.5) is 5.69 Å². The van der Waals surface area contributed by atoms with Crippen LogP contribution in [0.3, 0.4) is 0 Å². The van der Waals surface area contributed by atoms with Crippen LogP contribution in [0.1, 0.15) is 83.8 Å². The minimum Gasteiger partial charge on any atom is -0.327 e. The molecule has 1 fully saturated rings. The van der Waals surface area contributed by atoms with Crippen LogP contribution < -0.4 is 10.6 Å². The Morgan fingerprint density at radius 2 is 1.93 bits per heavy atom. The van der Waals surface area contributed by atoms with Crippen molar-refractivity contribution in [3.8, 4) is 0 Å². The highest BCUT2D eigenvalue weighted by Crippen LogP contribution is 2.38. The minimum atomic E-state index is 0.192. The van der Waals surface area contributed by atoms with Gasteiger partial charge in [0.1, 0.15) is 0 Å². The molecule has 2 aliphatic rings. The summed E-state index contributed by atoms with van der Waals surface area (Å²) in [4.78, 5) is 15.5. The number of nitrogens with two attached hydrogens (primary N) is 1. The monoisotopic (exact) mass is 384 g/mol. The molecule has 1 aromatic carbocycles. The number of rotatable bonds is 7. The molecular formula is C25H40N2O. The fourth-order valence-electron chi connectivity index (χ4n) is 5.04. The zero-order valence-electron chi connectivity index (χ0n) is 18.4. The van der Waals surface area contributed by atoms with Crippen LogP contribution in [0.5, 0.6) is 0 Å². The first-order valence-electron chi connectivity index (χ1n) is 11.6. The first-order valence-corrected chi connectivity index (χ1v) is 11.6. The van der Waals surface area contributed by atoms with E-state index in [2.05, 4.69) is 50.8 Å². The SMILES string of the molecule is CCCCC1CCC(C(=O)N2c3ccc(CC(N)C(C)C)cc3CC2C)CC1. The second-order valence-corrected chi connectivity index (χ2v) is 9.70. The van der Waals surface area contributed by atoms with Crippen molar-refractivity contribution in [1.29, 1.82) is 0 Å². The minimum absolute atomic E-state index is 0.192. The molecule has 1 aromatic rings. The number of unbranched alkanes of at least 4 members (excludes halogenated alkanes) is 1. The standard InChI is InChI=1S/C25H40N2O/c1-5-6-7-19-8-11-21(12-9-19)25(28)27-18(4)14-22-15-20(10-13-24(22)27)16-23(26)17(2)3/h10,13,15,17-19,21,23H,5-9,11-12,14,16,26H2,1-4H3. The van der Waals surface area contributed by atoms with Gasteiger partial charge in [-0.05, 0) is 74.5 Å². The molecule has 28 heavy (non-hydrogen) atoms. The van der Waals surface area contributed by atoms with Gasteiger partial charge in [-0.15, -0.1) is 0 Å². The summed E-state index contributed by atoms with van der Waals surface area (Å²) < 4.78 is 0. The highest BCUT2D eigenvalue weighted by molar-refractivity contribution is 5.97. The summed E-state index contributed by atoms with van der Waals surface area (Å²) in [5.41, 5.74) is 10.0. The van der Waals surface area contributed by atoms with E-state index in [0.717, 1.165) is 37.3 Å². The van der Waals surface area contributed by atoms with Gasteiger partial charge in [-0.25, -0.2) is 0 Å². The van der Waals surface area contributed by atoms with Crippen molar-refractivity contribution in [1.82, 2.24) is 0 Å². The zero-order chi connectivity index (χ0) is 20.3. The van der Waals surface area contributed by atoms with Crippen molar-refractivity contribution in [2.75, 3.05) is 4.90 Å². The van der Waals surface area contributed by atoms with E-state index in [1.54, 1.807) is 0 Å². The lowest BCUT2D eigenvalue weighted by molar-refractivity contribution is -0.123. The summed E-state index contributed by atoms with van der Waals surface area (Å²) >= 11 is 0. The Kier molecular flexibility index (Phi) is 7.20. The Hall–Kier alpha value is -1.35. The lowest BCUT2D eigenvalue weighted by Crippen LogP contribution is -2.41. The quantitative estimate of drug-likeness (QED) is 0.676. The molecule has 3 heteroatoms. The number of hydrogen-bond donors (Lipinski definition) is 1. The maximum atomic E-state index is 13.4. The predicted octanol–water partition coefficient (Wildman–Crippen LogP) is 5.49. The van der Waals surface area contributed by atoms with Gasteiger partial charge in [-0.3, -0.25) is 4.79 Å². The van der Waals surface area contributed by atoms with Crippen molar-refractivity contribution >= 4 is 11.6 Å². The summed E-state index contributed by atoms with van der Waals surface area (Å²) in [6.07, 6.45) is 10.5. The van der Waals surface area contributed by atoms with Crippen molar-refractivity contribution in [2.24, 2.45) is 23.5 Å². The normalized spacial score (nSPS) is 25.8. The summed E-state index contributed by atoms with van der Waals surface area (Å²) in [7, 11) is 0. The molecule has 2 atom stereocenters. The Morgan fingerprint density at radius 3 is 2.57 bits per heavy atom. The van der Waals surface area contributed by atoms with E-state index in [9.17, 15) is 4.79 Å². The van der Waals surface area contributed by atoms with Crippen LogP contribution >= 0.6 is 0 Å². The van der Waals surface area contributed by atoms with Gasteiger partial charge in [0.15, 0.2) is 0 Å². The van der Waals surface area contributed by atoms with E-state index in [4.69, 9.17) is 5.73 Å². The van der Waals surface area contributed by atoms with Crippen molar-refractivity contribution < 1.29 is 4.79 Å². The average Bonchev–Trinajstić information content (AvgIpc) is 3.01. The first kappa shape index (κ1) is 21.4. The van der Waals surface area contributed by atoms with E-state index in [1.165, 1.54) is 43.2 Å². The number of fused-ring (bicyclic) bond motifs is 1. The number of anilines is 1. The van der Waals surface area contributed by atoms with Crippen molar-refractivity contribution in [3.05, 3.63) is 29.3 Å². The van der Waals surface area contributed by atoms with E-state index < -0.39 is 0 Å². The van der Waals surface area contributed by atoms with E-state index >= 15 is 0 Å². The molecule has 3 nitrogen and oxygen atoms in total. The molecule has 2 N–H and O–H groups in total. The Bertz CT molecular complexity index is 661. The zero-order valence-corrected chi connectivity index (χ0v) is 18.4. The number of amides is 1. The number of hydrogen-bond acceptors (Lipinski definition) is 2. The molecule has 1 amide bonds. The number of nitrogens with zero attached hydrogens (tertiary/aromatic N) is 1. The molecule has 0 saturated heterocycles. The third kappa shape index (κ3) is 4.79. The van der Waals surface area contributed by atoms with Gasteiger partial charge in [0.05, 0.1) is 0 Å². The van der Waals surface area contributed by atoms with Gasteiger partial charge < -0.3 is 10.6 Å². The molecule has 2 unspecified atom stereocenters. The van der Waals surface area contributed by atoms with Gasteiger partial charge >= 0.3 is 0 Å². The van der Waals surface area contributed by atoms with Crippen molar-refractivity contribution in [2.45, 2.75) is 97.6 Å². The summed E-state index contributed by atoms with van der Waals surface area (Å²) in [6, 6.07) is 7.11. The van der Waals surface area contributed by atoms with E-state index in [0.29, 0.717) is 11.8 Å². The fourth-order valence-corrected chi connectivity index (χ4v) is 5.04. The molecule has 0 aromatic heterocycles. The van der Waals surface area contributed by atoms with Crippen LogP contribution in [0.2, 0.25) is 0 Å². The van der Waals surface area contributed by atoms with Crippen LogP contribution in [-0.2, 0) is 17.6 Å². The maximum Gasteiger partial charge on any atom is 0.230 e. The van der Waals surface area contributed by atoms with Gasteiger partial charge in [0.25, 0.3) is 0 Å². The summed E-state index contributed by atoms with van der Waals surface area (Å²) in [5, 5.41) is 0.